The molecule has 8 nitrogen and oxygen atoms in total. The summed E-state index contributed by atoms with van der Waals surface area (Å²) in [5, 5.41) is 13.2. The third-order valence-corrected chi connectivity index (χ3v) is 9.34. The van der Waals surface area contributed by atoms with Gasteiger partial charge in [0.15, 0.2) is 11.5 Å². The molecule has 1 amide bonds. The standard InChI is InChI=1S/C36H33Cl2N5O3S/c1-21-9-15-29(22(2)17-21)40-34(44)32-23(3)39-35-41-36(47-20-26-7-5-6-8-28(26)38)42-43(35)33(32)25-12-16-30(31(18-25)45-4)46-19-24-10-13-27(37)14-11-24/h5-18,33H,19-20H2,1-4H3,(H,40,44)(H,39,41,42). The van der Waals surface area contributed by atoms with E-state index in [1.165, 1.54) is 11.8 Å². The van der Waals surface area contributed by atoms with Crippen LogP contribution in [-0.2, 0) is 17.2 Å². The average Bonchev–Trinajstić information content (AvgIpc) is 3.47. The van der Waals surface area contributed by atoms with Crippen LogP contribution in [0.5, 0.6) is 11.5 Å². The molecule has 0 saturated heterocycles. The number of halogens is 2. The van der Waals surface area contributed by atoms with Gasteiger partial charge in [0.25, 0.3) is 5.91 Å². The van der Waals surface area contributed by atoms with Crippen molar-refractivity contribution in [2.75, 3.05) is 17.7 Å². The second-order valence-corrected chi connectivity index (χ2v) is 13.0. The number of anilines is 2. The van der Waals surface area contributed by atoms with Crippen LogP contribution >= 0.6 is 35.0 Å². The Morgan fingerprint density at radius 1 is 0.979 bits per heavy atom. The van der Waals surface area contributed by atoms with E-state index in [0.717, 1.165) is 33.5 Å². The van der Waals surface area contributed by atoms with Gasteiger partial charge >= 0.3 is 0 Å². The zero-order valence-corrected chi connectivity index (χ0v) is 28.6. The average molecular weight is 687 g/mol. The molecule has 47 heavy (non-hydrogen) atoms. The molecule has 2 heterocycles. The Kier molecular flexibility index (Phi) is 9.77. The third kappa shape index (κ3) is 7.27. The lowest BCUT2D eigenvalue weighted by Gasteiger charge is -2.29. The minimum Gasteiger partial charge on any atom is -0.493 e. The summed E-state index contributed by atoms with van der Waals surface area (Å²) < 4.78 is 13.7. The summed E-state index contributed by atoms with van der Waals surface area (Å²) in [7, 11) is 1.59. The van der Waals surface area contributed by atoms with E-state index >= 15 is 0 Å². The summed E-state index contributed by atoms with van der Waals surface area (Å²) in [6.07, 6.45) is 0. The SMILES string of the molecule is COc1cc(C2C(C(=O)Nc3ccc(C)cc3C)=C(C)Nc3nc(SCc4ccccc4Cl)nn32)ccc1OCc1ccc(Cl)cc1. The van der Waals surface area contributed by atoms with Crippen LogP contribution in [0.4, 0.5) is 11.6 Å². The summed E-state index contributed by atoms with van der Waals surface area (Å²) >= 11 is 13.9. The van der Waals surface area contributed by atoms with Crippen molar-refractivity contribution < 1.29 is 14.3 Å². The lowest BCUT2D eigenvalue weighted by atomic mass is 9.94. The summed E-state index contributed by atoms with van der Waals surface area (Å²) in [5.41, 5.74) is 6.73. The van der Waals surface area contributed by atoms with Crippen molar-refractivity contribution in [1.82, 2.24) is 14.8 Å². The summed E-state index contributed by atoms with van der Waals surface area (Å²) in [6.45, 7) is 6.21. The Labute approximate surface area is 288 Å². The van der Waals surface area contributed by atoms with Crippen LogP contribution < -0.4 is 20.1 Å². The highest BCUT2D eigenvalue weighted by atomic mass is 35.5. The molecule has 1 aliphatic heterocycles. The molecule has 0 fully saturated rings. The molecule has 4 aromatic carbocycles. The fourth-order valence-electron chi connectivity index (χ4n) is 5.41. The predicted octanol–water partition coefficient (Wildman–Crippen LogP) is 9.01. The Bertz CT molecular complexity index is 1980. The number of aryl methyl sites for hydroxylation is 2. The van der Waals surface area contributed by atoms with E-state index in [-0.39, 0.29) is 5.91 Å². The summed E-state index contributed by atoms with van der Waals surface area (Å²) in [4.78, 5) is 18.9. The van der Waals surface area contributed by atoms with Crippen LogP contribution in [0.1, 0.15) is 40.8 Å². The van der Waals surface area contributed by atoms with E-state index in [1.807, 2.05) is 106 Å². The van der Waals surface area contributed by atoms with Gasteiger partial charge in [-0.05, 0) is 79.4 Å². The molecule has 6 rings (SSSR count). The smallest absolute Gasteiger partial charge is 0.255 e. The number of ether oxygens (including phenoxy) is 2. The summed E-state index contributed by atoms with van der Waals surface area (Å²) in [6, 6.07) is 26.2. The number of benzene rings is 4. The van der Waals surface area contributed by atoms with Gasteiger partial charge in [-0.2, -0.15) is 4.98 Å². The molecule has 0 aliphatic carbocycles. The molecule has 0 saturated carbocycles. The van der Waals surface area contributed by atoms with E-state index in [4.69, 9.17) is 42.8 Å². The van der Waals surface area contributed by atoms with Crippen LogP contribution in [0.25, 0.3) is 0 Å². The maximum absolute atomic E-state index is 14.1. The molecule has 0 bridgehead atoms. The van der Waals surface area contributed by atoms with E-state index in [9.17, 15) is 4.79 Å². The fourth-order valence-corrected chi connectivity index (χ4v) is 6.65. The number of carbonyl (C=O) groups excluding carboxylic acids is 1. The van der Waals surface area contributed by atoms with Crippen LogP contribution in [0.3, 0.4) is 0 Å². The number of nitrogens with zero attached hydrogens (tertiary/aromatic N) is 3. The first kappa shape index (κ1) is 32.5. The number of methoxy groups -OCH3 is 1. The van der Waals surface area contributed by atoms with Gasteiger partial charge in [-0.1, -0.05) is 89.1 Å². The van der Waals surface area contributed by atoms with Gasteiger partial charge < -0.3 is 20.1 Å². The van der Waals surface area contributed by atoms with Crippen molar-refractivity contribution in [3.63, 3.8) is 0 Å². The van der Waals surface area contributed by atoms with Crippen molar-refractivity contribution in [2.24, 2.45) is 0 Å². The lowest BCUT2D eigenvalue weighted by Crippen LogP contribution is -2.31. The molecular formula is C36H33Cl2N5O3S. The molecule has 1 unspecified atom stereocenters. The van der Waals surface area contributed by atoms with Gasteiger partial charge in [0.2, 0.25) is 11.1 Å². The van der Waals surface area contributed by atoms with Gasteiger partial charge in [-0.15, -0.1) is 5.10 Å². The second-order valence-electron chi connectivity index (χ2n) is 11.2. The molecule has 5 aromatic rings. The zero-order valence-electron chi connectivity index (χ0n) is 26.3. The van der Waals surface area contributed by atoms with Crippen LogP contribution in [-0.4, -0.2) is 27.8 Å². The first-order chi connectivity index (χ1) is 22.7. The molecular weight excluding hydrogens is 653 g/mol. The number of allylic oxidation sites excluding steroid dienone is 1. The molecule has 0 spiro atoms. The fraction of sp³-hybridized carbons (Fsp3) is 0.194. The largest absolute Gasteiger partial charge is 0.493 e. The predicted molar refractivity (Wildman–Crippen MR) is 189 cm³/mol. The molecule has 1 aromatic heterocycles. The van der Waals surface area contributed by atoms with E-state index in [2.05, 4.69) is 10.6 Å². The van der Waals surface area contributed by atoms with Crippen LogP contribution in [0.2, 0.25) is 10.0 Å². The minimum absolute atomic E-state index is 0.250. The van der Waals surface area contributed by atoms with Gasteiger partial charge in [-0.25, -0.2) is 4.68 Å². The van der Waals surface area contributed by atoms with Crippen molar-refractivity contribution in [3.8, 4) is 11.5 Å². The Morgan fingerprint density at radius 2 is 1.77 bits per heavy atom. The first-order valence-electron chi connectivity index (χ1n) is 14.9. The van der Waals surface area contributed by atoms with Crippen molar-refractivity contribution in [1.29, 1.82) is 0 Å². The highest BCUT2D eigenvalue weighted by Gasteiger charge is 2.35. The summed E-state index contributed by atoms with van der Waals surface area (Å²) in [5.74, 6) is 1.96. The number of nitrogens with one attached hydrogen (secondary N) is 2. The molecule has 1 atom stereocenters. The van der Waals surface area contributed by atoms with E-state index in [1.54, 1.807) is 11.8 Å². The third-order valence-electron chi connectivity index (χ3n) is 7.83. The monoisotopic (exact) mass is 685 g/mol. The number of rotatable bonds is 10. The van der Waals surface area contributed by atoms with Crippen LogP contribution in [0, 0.1) is 13.8 Å². The van der Waals surface area contributed by atoms with Crippen molar-refractivity contribution >= 4 is 52.5 Å². The molecule has 11 heteroatoms. The maximum Gasteiger partial charge on any atom is 0.255 e. The minimum atomic E-state index is -0.613. The highest BCUT2D eigenvalue weighted by Crippen LogP contribution is 2.40. The highest BCUT2D eigenvalue weighted by molar-refractivity contribution is 7.98. The molecule has 1 aliphatic rings. The number of aromatic nitrogens is 3. The number of amides is 1. The van der Waals surface area contributed by atoms with Gasteiger partial charge in [0.1, 0.15) is 12.6 Å². The first-order valence-corrected chi connectivity index (χ1v) is 16.7. The number of fused-ring (bicyclic) bond motifs is 1. The Hall–Kier alpha value is -4.44. The van der Waals surface area contributed by atoms with Gasteiger partial charge in [0, 0.05) is 27.2 Å². The zero-order chi connectivity index (χ0) is 33.1. The van der Waals surface area contributed by atoms with E-state index in [0.29, 0.717) is 56.3 Å². The quantitative estimate of drug-likeness (QED) is 0.142. The Balaban J connectivity index is 1.35. The molecule has 240 valence electrons. The number of hydrogen-bond donors (Lipinski definition) is 2. The van der Waals surface area contributed by atoms with Gasteiger partial charge in [0.05, 0.1) is 12.7 Å². The molecule has 0 radical (unpaired) electrons. The van der Waals surface area contributed by atoms with Crippen molar-refractivity contribution in [3.05, 3.63) is 134 Å². The van der Waals surface area contributed by atoms with Crippen molar-refractivity contribution in [2.45, 2.75) is 44.3 Å². The number of hydrogen-bond acceptors (Lipinski definition) is 7. The lowest BCUT2D eigenvalue weighted by molar-refractivity contribution is -0.113. The normalized spacial score (nSPS) is 14.0. The Morgan fingerprint density at radius 3 is 2.51 bits per heavy atom. The number of thioether (sulfide) groups is 1. The topological polar surface area (TPSA) is 90.3 Å². The van der Waals surface area contributed by atoms with Gasteiger partial charge in [-0.3, -0.25) is 4.79 Å². The van der Waals surface area contributed by atoms with Crippen LogP contribution in [0.15, 0.2) is 101 Å². The maximum atomic E-state index is 14.1. The second kappa shape index (κ2) is 14.1. The van der Waals surface area contributed by atoms with E-state index < -0.39 is 6.04 Å². The number of carbonyl (C=O) groups is 1. The molecule has 2 N–H and O–H groups in total.